The highest BCUT2D eigenvalue weighted by molar-refractivity contribution is 5.46. The average Bonchev–Trinajstić information content (AvgIpc) is 2.64. The molecule has 1 saturated carbocycles. The molecule has 2 saturated heterocycles. The van der Waals surface area contributed by atoms with Gasteiger partial charge in [0.05, 0.1) is 12.3 Å². The minimum atomic E-state index is 0.0118. The monoisotopic (exact) mass is 336 g/mol. The molecule has 0 aromatic rings. The Bertz CT molecular complexity index is 465. The zero-order chi connectivity index (χ0) is 16.8. The van der Waals surface area contributed by atoms with Crippen molar-refractivity contribution in [1.82, 2.24) is 32.3 Å². The molecule has 134 valence electrons. The third-order valence-electron chi connectivity index (χ3n) is 5.39. The van der Waals surface area contributed by atoms with Gasteiger partial charge in [0.25, 0.3) is 0 Å². The largest absolute Gasteiger partial charge is 0.342 e. The van der Waals surface area contributed by atoms with Crippen LogP contribution in [-0.2, 0) is 9.59 Å². The van der Waals surface area contributed by atoms with E-state index in [4.69, 9.17) is 0 Å². The fourth-order valence-electron chi connectivity index (χ4n) is 4.04. The molecular weight excluding hydrogens is 308 g/mol. The molecular formula is C16H28N6O2. The van der Waals surface area contributed by atoms with Crippen LogP contribution in [0, 0.1) is 5.92 Å². The van der Waals surface area contributed by atoms with Crippen molar-refractivity contribution in [3.05, 3.63) is 11.3 Å². The summed E-state index contributed by atoms with van der Waals surface area (Å²) in [6.45, 7) is 0. The van der Waals surface area contributed by atoms with Crippen molar-refractivity contribution in [3.63, 3.8) is 0 Å². The first-order valence-electron chi connectivity index (χ1n) is 8.93. The lowest BCUT2D eigenvalue weighted by Crippen LogP contribution is -2.58. The second-order valence-electron chi connectivity index (χ2n) is 6.89. The van der Waals surface area contributed by atoms with Gasteiger partial charge in [-0.2, -0.15) is 0 Å². The summed E-state index contributed by atoms with van der Waals surface area (Å²) in [4.78, 5) is 21.0. The van der Waals surface area contributed by atoms with Crippen molar-refractivity contribution in [2.75, 3.05) is 0 Å². The topological polar surface area (TPSA) is 106 Å². The van der Waals surface area contributed by atoms with E-state index in [0.717, 1.165) is 51.3 Å². The van der Waals surface area contributed by atoms with Gasteiger partial charge in [0.1, 0.15) is 0 Å². The average molecular weight is 336 g/mol. The highest BCUT2D eigenvalue weighted by Gasteiger charge is 2.30. The molecule has 2 aliphatic heterocycles. The van der Waals surface area contributed by atoms with Crippen molar-refractivity contribution in [2.45, 2.75) is 69.7 Å². The molecule has 3 unspecified atom stereocenters. The highest BCUT2D eigenvalue weighted by Crippen LogP contribution is 2.35. The normalized spacial score (nSPS) is 37.2. The Balaban J connectivity index is 1.52. The SMILES string of the molecule is O=CNC1CC/C(=C2/CCC[C@@H](C3CCC(NC=O)NN3)C2)NN1. The van der Waals surface area contributed by atoms with E-state index in [1.54, 1.807) is 0 Å². The van der Waals surface area contributed by atoms with Crippen LogP contribution in [0.3, 0.4) is 0 Å². The van der Waals surface area contributed by atoms with E-state index in [1.807, 2.05) is 0 Å². The molecule has 24 heavy (non-hydrogen) atoms. The minimum absolute atomic E-state index is 0.0118. The fourth-order valence-corrected chi connectivity index (χ4v) is 4.04. The van der Waals surface area contributed by atoms with Gasteiger partial charge in [-0.15, -0.1) is 0 Å². The summed E-state index contributed by atoms with van der Waals surface area (Å²) in [5.74, 6) is 0.624. The first-order chi connectivity index (χ1) is 11.8. The lowest BCUT2D eigenvalue weighted by molar-refractivity contribution is -0.111. The fraction of sp³-hybridized carbons (Fsp3) is 0.750. The summed E-state index contributed by atoms with van der Waals surface area (Å²) < 4.78 is 0. The standard InChI is InChI=1S/C16H28N6O2/c23-9-17-15-6-4-13(19-21-15)11-2-1-3-12(8-11)14-5-7-16(18-10-24)22-20-14/h9-11,13,15-16,19-22H,1-8H2,(H,17,23)(H,18,24)/b14-12+/t11-,13?,15?,16?/m1/s1. The van der Waals surface area contributed by atoms with Gasteiger partial charge in [-0.3, -0.25) is 15.0 Å². The second kappa shape index (κ2) is 8.46. The zero-order valence-corrected chi connectivity index (χ0v) is 13.9. The van der Waals surface area contributed by atoms with E-state index >= 15 is 0 Å². The molecule has 1 aliphatic carbocycles. The molecule has 3 aliphatic rings. The van der Waals surface area contributed by atoms with Crippen LogP contribution in [0.25, 0.3) is 0 Å². The molecule has 3 rings (SSSR count). The zero-order valence-electron chi connectivity index (χ0n) is 13.9. The smallest absolute Gasteiger partial charge is 0.208 e. The number of allylic oxidation sites excluding steroid dienone is 2. The second-order valence-corrected chi connectivity index (χ2v) is 6.89. The third-order valence-corrected chi connectivity index (χ3v) is 5.39. The maximum Gasteiger partial charge on any atom is 0.208 e. The summed E-state index contributed by atoms with van der Waals surface area (Å²) in [6.07, 6.45) is 10.2. The van der Waals surface area contributed by atoms with Crippen molar-refractivity contribution in [1.29, 1.82) is 0 Å². The number of nitrogens with one attached hydrogen (secondary N) is 6. The Hall–Kier alpha value is -1.64. The Morgan fingerprint density at radius 2 is 1.67 bits per heavy atom. The maximum atomic E-state index is 10.5. The van der Waals surface area contributed by atoms with E-state index in [1.165, 1.54) is 24.1 Å². The first-order valence-corrected chi connectivity index (χ1v) is 8.93. The molecule has 8 nitrogen and oxygen atoms in total. The number of amides is 2. The number of carbonyl (C=O) groups is 2. The molecule has 2 amide bonds. The third kappa shape index (κ3) is 4.25. The molecule has 2 heterocycles. The van der Waals surface area contributed by atoms with Crippen LogP contribution >= 0.6 is 0 Å². The van der Waals surface area contributed by atoms with Crippen LogP contribution in [-0.4, -0.2) is 31.2 Å². The number of hydrazine groups is 2. The first kappa shape index (κ1) is 17.2. The molecule has 6 N–H and O–H groups in total. The van der Waals surface area contributed by atoms with Crippen LogP contribution < -0.4 is 32.3 Å². The van der Waals surface area contributed by atoms with Gasteiger partial charge in [-0.1, -0.05) is 0 Å². The van der Waals surface area contributed by atoms with Crippen LogP contribution in [0.15, 0.2) is 11.3 Å². The van der Waals surface area contributed by atoms with Crippen molar-refractivity contribution in [3.8, 4) is 0 Å². The Morgan fingerprint density at radius 1 is 0.875 bits per heavy atom. The quantitative estimate of drug-likeness (QED) is 0.386. The Kier molecular flexibility index (Phi) is 6.06. The maximum absolute atomic E-state index is 10.5. The summed E-state index contributed by atoms with van der Waals surface area (Å²) in [6, 6.07) is 0.451. The number of hydrogen-bond donors (Lipinski definition) is 6. The molecule has 0 aromatic carbocycles. The van der Waals surface area contributed by atoms with Crippen molar-refractivity contribution < 1.29 is 9.59 Å². The Labute approximate surface area is 142 Å². The van der Waals surface area contributed by atoms with Gasteiger partial charge in [-0.25, -0.2) is 10.9 Å². The van der Waals surface area contributed by atoms with Gasteiger partial charge in [0.15, 0.2) is 0 Å². The van der Waals surface area contributed by atoms with Gasteiger partial charge >= 0.3 is 0 Å². The molecule has 0 aromatic heterocycles. The van der Waals surface area contributed by atoms with E-state index < -0.39 is 0 Å². The molecule has 3 fully saturated rings. The van der Waals surface area contributed by atoms with E-state index in [-0.39, 0.29) is 12.3 Å². The predicted molar refractivity (Wildman–Crippen MR) is 89.8 cm³/mol. The van der Waals surface area contributed by atoms with Crippen molar-refractivity contribution >= 4 is 12.8 Å². The lowest BCUT2D eigenvalue weighted by atomic mass is 9.78. The molecule has 0 bridgehead atoms. The molecule has 4 atom stereocenters. The molecule has 8 heteroatoms. The molecule has 0 spiro atoms. The van der Waals surface area contributed by atoms with Crippen molar-refractivity contribution in [2.24, 2.45) is 5.92 Å². The molecule has 0 radical (unpaired) electrons. The highest BCUT2D eigenvalue weighted by atomic mass is 16.1. The van der Waals surface area contributed by atoms with Gasteiger partial charge < -0.3 is 16.1 Å². The number of hydrogen-bond acceptors (Lipinski definition) is 6. The van der Waals surface area contributed by atoms with Crippen LogP contribution in [0.1, 0.15) is 51.4 Å². The summed E-state index contributed by atoms with van der Waals surface area (Å²) in [5, 5.41) is 5.53. The Morgan fingerprint density at radius 3 is 2.29 bits per heavy atom. The van der Waals surface area contributed by atoms with Gasteiger partial charge in [-0.05, 0) is 62.9 Å². The van der Waals surface area contributed by atoms with E-state index in [0.29, 0.717) is 12.0 Å². The van der Waals surface area contributed by atoms with Crippen LogP contribution in [0.2, 0.25) is 0 Å². The predicted octanol–water partition coefficient (Wildman–Crippen LogP) is -0.280. The number of rotatable bonds is 5. The van der Waals surface area contributed by atoms with Crippen LogP contribution in [0.4, 0.5) is 0 Å². The lowest BCUT2D eigenvalue weighted by Gasteiger charge is -2.39. The van der Waals surface area contributed by atoms with Gasteiger partial charge in [0, 0.05) is 11.7 Å². The number of carbonyl (C=O) groups excluding carboxylic acids is 2. The summed E-state index contributed by atoms with van der Waals surface area (Å²) in [5.41, 5.74) is 15.9. The summed E-state index contributed by atoms with van der Waals surface area (Å²) >= 11 is 0. The minimum Gasteiger partial charge on any atom is -0.342 e. The summed E-state index contributed by atoms with van der Waals surface area (Å²) in [7, 11) is 0. The van der Waals surface area contributed by atoms with Gasteiger partial charge in [0.2, 0.25) is 12.8 Å². The van der Waals surface area contributed by atoms with E-state index in [2.05, 4.69) is 32.3 Å². The van der Waals surface area contributed by atoms with Crippen LogP contribution in [0.5, 0.6) is 0 Å². The van der Waals surface area contributed by atoms with E-state index in [9.17, 15) is 9.59 Å².